The molecule has 2 aromatic rings. The molecule has 5 rings (SSSR count). The number of hydrogen-bond donors (Lipinski definition) is 0. The van der Waals surface area contributed by atoms with Gasteiger partial charge in [0.25, 0.3) is 0 Å². The van der Waals surface area contributed by atoms with Gasteiger partial charge in [0, 0.05) is 19.2 Å². The Morgan fingerprint density at radius 3 is 2.77 bits per heavy atom. The molecule has 1 amide bonds. The largest absolute Gasteiger partial charge is 0.486 e. The second-order valence-electron chi connectivity index (χ2n) is 8.70. The smallest absolute Gasteiger partial charge is 0.233 e. The quantitative estimate of drug-likeness (QED) is 0.735. The third-order valence-corrected chi connectivity index (χ3v) is 6.45. The van der Waals surface area contributed by atoms with Crippen LogP contribution in [0.25, 0.3) is 0 Å². The minimum atomic E-state index is -0.231. The minimum absolute atomic E-state index is 0.132. The Bertz CT molecular complexity index is 927. The Labute approximate surface area is 182 Å². The van der Waals surface area contributed by atoms with Crippen molar-refractivity contribution in [1.82, 2.24) is 15.1 Å². The first-order valence-electron chi connectivity index (χ1n) is 11.4. The standard InChI is InChI=1S/C24H29N3O4/c28-24(14-19-16-29-21-7-3-4-8-22(21)31-19)27-11-9-17(10-12-27)15-30-23-13-18-5-1-2-6-20(18)25-26-23/h3-4,7-8,13,17,19H,1-2,5-6,9-12,14-16H2/t19-/m0/s1. The molecular weight excluding hydrogens is 394 g/mol. The van der Waals surface area contributed by atoms with Crippen LogP contribution in [0.15, 0.2) is 30.3 Å². The van der Waals surface area contributed by atoms with Crippen molar-refractivity contribution < 1.29 is 19.0 Å². The van der Waals surface area contributed by atoms with Crippen LogP contribution in [0, 0.1) is 5.92 Å². The van der Waals surface area contributed by atoms with Crippen LogP contribution < -0.4 is 14.2 Å². The monoisotopic (exact) mass is 423 g/mol. The summed E-state index contributed by atoms with van der Waals surface area (Å²) < 4.78 is 17.6. The molecule has 1 atom stereocenters. The van der Waals surface area contributed by atoms with Crippen LogP contribution in [0.1, 0.15) is 43.4 Å². The van der Waals surface area contributed by atoms with E-state index in [1.54, 1.807) is 0 Å². The summed E-state index contributed by atoms with van der Waals surface area (Å²) in [4.78, 5) is 14.7. The molecule has 3 aliphatic rings. The lowest BCUT2D eigenvalue weighted by atomic mass is 9.96. The zero-order chi connectivity index (χ0) is 21.0. The number of likely N-dealkylation sites (tertiary alicyclic amines) is 1. The fraction of sp³-hybridized carbons (Fsp3) is 0.542. The third kappa shape index (κ3) is 4.75. The lowest BCUT2D eigenvalue weighted by Gasteiger charge is -2.33. The number of para-hydroxylation sites is 2. The molecule has 1 aromatic heterocycles. The number of benzene rings is 1. The van der Waals surface area contributed by atoms with Crippen molar-refractivity contribution >= 4 is 5.91 Å². The molecule has 0 unspecified atom stereocenters. The summed E-state index contributed by atoms with van der Waals surface area (Å²) in [6, 6.07) is 9.65. The van der Waals surface area contributed by atoms with Crippen LogP contribution in [0.4, 0.5) is 0 Å². The van der Waals surface area contributed by atoms with Gasteiger partial charge >= 0.3 is 0 Å². The lowest BCUT2D eigenvalue weighted by Crippen LogP contribution is -2.43. The highest BCUT2D eigenvalue weighted by Gasteiger charge is 2.28. The average molecular weight is 424 g/mol. The first-order chi connectivity index (χ1) is 15.2. The number of amides is 1. The Balaban J connectivity index is 1.06. The molecule has 0 spiro atoms. The van der Waals surface area contributed by atoms with Crippen molar-refractivity contribution in [3.05, 3.63) is 41.6 Å². The lowest BCUT2D eigenvalue weighted by molar-refractivity contribution is -0.135. The van der Waals surface area contributed by atoms with E-state index in [0.717, 1.165) is 50.2 Å². The van der Waals surface area contributed by atoms with Crippen LogP contribution in [-0.2, 0) is 17.6 Å². The molecule has 7 nitrogen and oxygen atoms in total. The van der Waals surface area contributed by atoms with Gasteiger partial charge < -0.3 is 19.1 Å². The first-order valence-corrected chi connectivity index (χ1v) is 11.4. The average Bonchev–Trinajstić information content (AvgIpc) is 2.83. The minimum Gasteiger partial charge on any atom is -0.486 e. The van der Waals surface area contributed by atoms with E-state index in [9.17, 15) is 4.79 Å². The first kappa shape index (κ1) is 20.1. The normalized spacial score (nSPS) is 20.8. The number of carbonyl (C=O) groups excluding carboxylic acids is 1. The fourth-order valence-corrected chi connectivity index (χ4v) is 4.58. The topological polar surface area (TPSA) is 73.8 Å². The number of fused-ring (bicyclic) bond motifs is 2. The van der Waals surface area contributed by atoms with Gasteiger partial charge in [-0.15, -0.1) is 5.10 Å². The molecule has 3 heterocycles. The van der Waals surface area contributed by atoms with Crippen molar-refractivity contribution in [1.29, 1.82) is 0 Å². The second kappa shape index (κ2) is 9.12. The van der Waals surface area contributed by atoms with E-state index in [-0.39, 0.29) is 12.0 Å². The molecule has 31 heavy (non-hydrogen) atoms. The summed E-state index contributed by atoms with van der Waals surface area (Å²) in [5, 5.41) is 8.58. The van der Waals surface area contributed by atoms with Gasteiger partial charge in [0.2, 0.25) is 11.8 Å². The van der Waals surface area contributed by atoms with E-state index in [4.69, 9.17) is 14.2 Å². The van der Waals surface area contributed by atoms with Crippen molar-refractivity contribution in [2.75, 3.05) is 26.3 Å². The Hall–Kier alpha value is -2.83. The molecule has 164 valence electrons. The number of ether oxygens (including phenoxy) is 3. The summed E-state index contributed by atoms with van der Waals surface area (Å²) in [6.45, 7) is 2.56. The van der Waals surface area contributed by atoms with Crippen LogP contribution >= 0.6 is 0 Å². The molecule has 0 saturated carbocycles. The summed E-state index contributed by atoms with van der Waals surface area (Å²) in [5.41, 5.74) is 2.41. The van der Waals surface area contributed by atoms with Gasteiger partial charge in [-0.2, -0.15) is 5.10 Å². The predicted molar refractivity (Wildman–Crippen MR) is 114 cm³/mol. The van der Waals surface area contributed by atoms with Crippen molar-refractivity contribution in [2.45, 2.75) is 51.0 Å². The van der Waals surface area contributed by atoms with E-state index in [1.165, 1.54) is 18.4 Å². The molecule has 7 heteroatoms. The number of hydrogen-bond acceptors (Lipinski definition) is 6. The van der Waals surface area contributed by atoms with Gasteiger partial charge in [0.15, 0.2) is 11.5 Å². The molecule has 1 fully saturated rings. The highest BCUT2D eigenvalue weighted by atomic mass is 16.6. The summed E-state index contributed by atoms with van der Waals surface area (Å²) in [7, 11) is 0. The SMILES string of the molecule is O=C(C[C@H]1COc2ccccc2O1)N1CCC(COc2cc3c(nn2)CCCC3)CC1. The van der Waals surface area contributed by atoms with Gasteiger partial charge in [-0.25, -0.2) is 0 Å². The van der Waals surface area contributed by atoms with Crippen molar-refractivity contribution in [3.8, 4) is 17.4 Å². The summed E-state index contributed by atoms with van der Waals surface area (Å²) in [5.74, 6) is 2.66. The van der Waals surface area contributed by atoms with Crippen molar-refractivity contribution in [3.63, 3.8) is 0 Å². The Kier molecular flexibility index (Phi) is 5.91. The highest BCUT2D eigenvalue weighted by Crippen LogP contribution is 2.32. The molecule has 0 radical (unpaired) electrons. The molecule has 1 saturated heterocycles. The number of nitrogens with zero attached hydrogens (tertiary/aromatic N) is 3. The molecule has 0 bridgehead atoms. The van der Waals surface area contributed by atoms with Crippen LogP contribution in [0.2, 0.25) is 0 Å². The van der Waals surface area contributed by atoms with Gasteiger partial charge in [0.05, 0.1) is 18.7 Å². The third-order valence-electron chi connectivity index (χ3n) is 6.45. The number of carbonyl (C=O) groups is 1. The van der Waals surface area contributed by atoms with E-state index < -0.39 is 0 Å². The number of aromatic nitrogens is 2. The molecule has 1 aromatic carbocycles. The number of rotatable bonds is 5. The van der Waals surface area contributed by atoms with Crippen LogP contribution in [-0.4, -0.2) is 53.4 Å². The molecule has 2 aliphatic heterocycles. The summed E-state index contributed by atoms with van der Waals surface area (Å²) in [6.07, 6.45) is 6.51. The predicted octanol–water partition coefficient (Wildman–Crippen LogP) is 3.20. The number of aryl methyl sites for hydroxylation is 2. The van der Waals surface area contributed by atoms with E-state index >= 15 is 0 Å². The van der Waals surface area contributed by atoms with Crippen molar-refractivity contribution in [2.24, 2.45) is 5.92 Å². The van der Waals surface area contributed by atoms with Gasteiger partial charge in [-0.05, 0) is 62.1 Å². The van der Waals surface area contributed by atoms with Gasteiger partial charge in [-0.1, -0.05) is 12.1 Å². The Morgan fingerprint density at radius 1 is 1.10 bits per heavy atom. The van der Waals surface area contributed by atoms with E-state index in [2.05, 4.69) is 16.3 Å². The van der Waals surface area contributed by atoms with E-state index in [1.807, 2.05) is 29.2 Å². The molecule has 0 N–H and O–H groups in total. The molecular formula is C24H29N3O4. The fourth-order valence-electron chi connectivity index (χ4n) is 4.58. The van der Waals surface area contributed by atoms with Gasteiger partial charge in [-0.3, -0.25) is 4.79 Å². The zero-order valence-corrected chi connectivity index (χ0v) is 17.8. The van der Waals surface area contributed by atoms with Gasteiger partial charge in [0.1, 0.15) is 12.7 Å². The molecule has 1 aliphatic carbocycles. The maximum atomic E-state index is 12.7. The van der Waals surface area contributed by atoms with E-state index in [0.29, 0.717) is 37.2 Å². The maximum absolute atomic E-state index is 12.7. The zero-order valence-electron chi connectivity index (χ0n) is 17.8. The van der Waals surface area contributed by atoms with Crippen LogP contribution in [0.3, 0.4) is 0 Å². The maximum Gasteiger partial charge on any atom is 0.233 e. The Morgan fingerprint density at radius 2 is 1.90 bits per heavy atom. The number of piperidine rings is 1. The highest BCUT2D eigenvalue weighted by molar-refractivity contribution is 5.77. The second-order valence-corrected chi connectivity index (χ2v) is 8.70. The summed E-state index contributed by atoms with van der Waals surface area (Å²) >= 11 is 0. The van der Waals surface area contributed by atoms with Crippen LogP contribution in [0.5, 0.6) is 17.4 Å².